The normalized spacial score (nSPS) is 11.8. The van der Waals surface area contributed by atoms with Gasteiger partial charge in [0.1, 0.15) is 22.9 Å². The number of rotatable bonds is 7. The molecule has 42 heavy (non-hydrogen) atoms. The molecule has 0 spiro atoms. The number of hydrogen-bond donors (Lipinski definition) is 1. The number of hydrogen-bond acceptors (Lipinski definition) is 6. The predicted molar refractivity (Wildman–Crippen MR) is 163 cm³/mol. The average molecular weight is 583 g/mol. The number of aromatic amines is 1. The third-order valence-electron chi connectivity index (χ3n) is 7.33. The van der Waals surface area contributed by atoms with E-state index in [4.69, 9.17) is 9.40 Å². The summed E-state index contributed by atoms with van der Waals surface area (Å²) >= 11 is 0. The van der Waals surface area contributed by atoms with Gasteiger partial charge in [0.05, 0.1) is 41.3 Å². The van der Waals surface area contributed by atoms with Crippen LogP contribution in [0.2, 0.25) is 0 Å². The Morgan fingerprint density at radius 2 is 1.76 bits per heavy atom. The van der Waals surface area contributed by atoms with Crippen LogP contribution in [-0.4, -0.2) is 42.5 Å². The number of halogens is 1. The van der Waals surface area contributed by atoms with E-state index in [1.165, 1.54) is 25.4 Å². The minimum atomic E-state index is -3.69. The lowest BCUT2D eigenvalue weighted by molar-refractivity contribution is 0.0989. The van der Waals surface area contributed by atoms with E-state index in [1.807, 2.05) is 31.2 Å². The maximum atomic E-state index is 13.8. The molecule has 6 aromatic rings. The van der Waals surface area contributed by atoms with Gasteiger partial charge in [0.25, 0.3) is 0 Å². The van der Waals surface area contributed by atoms with Gasteiger partial charge in [0, 0.05) is 47.0 Å². The van der Waals surface area contributed by atoms with Gasteiger partial charge in [-0.1, -0.05) is 36.8 Å². The van der Waals surface area contributed by atoms with Crippen LogP contribution >= 0.6 is 0 Å². The fourth-order valence-corrected chi connectivity index (χ4v) is 5.51. The molecule has 6 rings (SSSR count). The van der Waals surface area contributed by atoms with E-state index in [2.05, 4.69) is 9.97 Å². The summed E-state index contributed by atoms with van der Waals surface area (Å²) in [6, 6.07) is 17.3. The first-order valence-corrected chi connectivity index (χ1v) is 15.1. The smallest absolute Gasteiger partial charge is 0.232 e. The lowest BCUT2D eigenvalue weighted by Crippen LogP contribution is -2.25. The molecule has 0 atom stereocenters. The summed E-state index contributed by atoms with van der Waals surface area (Å²) in [6.45, 7) is 3.76. The molecule has 8 nitrogen and oxygen atoms in total. The van der Waals surface area contributed by atoms with E-state index in [0.717, 1.165) is 27.2 Å². The number of carbonyl (C=O) groups excluding carboxylic acids is 1. The minimum Gasteiger partial charge on any atom is -0.455 e. The number of aromatic nitrogens is 3. The Hall–Kier alpha value is -4.83. The number of carbonyl (C=O) groups is 1. The van der Waals surface area contributed by atoms with Crippen molar-refractivity contribution >= 4 is 43.4 Å². The fraction of sp³-hybridized carbons (Fsp3) is 0.156. The lowest BCUT2D eigenvalue weighted by Gasteiger charge is -2.20. The fourth-order valence-electron chi connectivity index (χ4n) is 5.01. The van der Waals surface area contributed by atoms with Crippen LogP contribution < -0.4 is 4.31 Å². The van der Waals surface area contributed by atoms with Gasteiger partial charge in [0.15, 0.2) is 5.78 Å². The zero-order valence-corrected chi connectivity index (χ0v) is 24.2. The second-order valence-corrected chi connectivity index (χ2v) is 12.3. The van der Waals surface area contributed by atoms with E-state index < -0.39 is 10.0 Å². The molecule has 0 radical (unpaired) electrons. The van der Waals surface area contributed by atoms with Crippen LogP contribution in [-0.2, 0) is 10.0 Å². The van der Waals surface area contributed by atoms with Gasteiger partial charge in [-0.3, -0.25) is 14.1 Å². The number of sulfonamides is 1. The summed E-state index contributed by atoms with van der Waals surface area (Å²) in [5, 5.41) is 1.23. The van der Waals surface area contributed by atoms with Crippen LogP contribution in [0.25, 0.3) is 55.8 Å². The largest absolute Gasteiger partial charge is 0.455 e. The molecule has 0 aliphatic rings. The number of nitrogens with one attached hydrogen (secondary N) is 1. The molecule has 0 saturated heterocycles. The van der Waals surface area contributed by atoms with Crippen molar-refractivity contribution in [2.24, 2.45) is 0 Å². The Morgan fingerprint density at radius 3 is 2.48 bits per heavy atom. The van der Waals surface area contributed by atoms with E-state index in [9.17, 15) is 17.6 Å². The molecule has 0 bridgehead atoms. The van der Waals surface area contributed by atoms with Crippen molar-refractivity contribution in [2.75, 3.05) is 17.6 Å². The standard InChI is InChI=1S/C32H27FN4O4S/c1-5-29(38)31-23-14-22(26-16-34-17-27(36-26)25-13-20-12-21(33)10-11-24(20)35-25)28(37(3)42(4,39)40)15-30(23)41-32(31)19-8-6-18(2)7-9-19/h6-17,35H,5H2,1-4H3. The predicted octanol–water partition coefficient (Wildman–Crippen LogP) is 7.14. The molecule has 0 fully saturated rings. The van der Waals surface area contributed by atoms with Gasteiger partial charge >= 0.3 is 0 Å². The molecule has 3 heterocycles. The molecule has 0 aliphatic carbocycles. The maximum Gasteiger partial charge on any atom is 0.232 e. The monoisotopic (exact) mass is 582 g/mol. The minimum absolute atomic E-state index is 0.107. The Labute approximate surface area is 241 Å². The number of fused-ring (bicyclic) bond motifs is 2. The zero-order valence-electron chi connectivity index (χ0n) is 23.4. The van der Waals surface area contributed by atoms with E-state index >= 15 is 0 Å². The molecule has 1 N–H and O–H groups in total. The molecule has 0 aliphatic heterocycles. The molecule has 3 aromatic heterocycles. The summed E-state index contributed by atoms with van der Waals surface area (Å²) in [7, 11) is -2.24. The average Bonchev–Trinajstić information content (AvgIpc) is 3.56. The molecule has 3 aromatic carbocycles. The van der Waals surface area contributed by atoms with Crippen molar-refractivity contribution < 1.29 is 22.0 Å². The number of Topliss-reactive ketones (excluding diaryl/α,β-unsaturated/α-hetero) is 1. The number of ketones is 1. The Balaban J connectivity index is 1.60. The third kappa shape index (κ3) is 4.83. The van der Waals surface area contributed by atoms with Gasteiger partial charge in [-0.25, -0.2) is 17.8 Å². The van der Waals surface area contributed by atoms with E-state index in [1.54, 1.807) is 37.4 Å². The van der Waals surface area contributed by atoms with Crippen LogP contribution in [0.1, 0.15) is 29.3 Å². The number of nitrogens with zero attached hydrogens (tertiary/aromatic N) is 3. The van der Waals surface area contributed by atoms with Crippen molar-refractivity contribution in [1.82, 2.24) is 15.0 Å². The van der Waals surface area contributed by atoms with Crippen LogP contribution in [0.15, 0.2) is 77.5 Å². The van der Waals surface area contributed by atoms with E-state index in [0.29, 0.717) is 56.0 Å². The number of aryl methyl sites for hydroxylation is 1. The Bertz CT molecular complexity index is 2110. The number of H-pyrrole nitrogens is 1. The second kappa shape index (κ2) is 10.2. The van der Waals surface area contributed by atoms with Gasteiger partial charge in [-0.15, -0.1) is 0 Å². The molecule has 10 heteroatoms. The highest BCUT2D eigenvalue weighted by atomic mass is 32.2. The quantitative estimate of drug-likeness (QED) is 0.200. The van der Waals surface area contributed by atoms with Crippen LogP contribution in [0.5, 0.6) is 0 Å². The Kier molecular flexibility index (Phi) is 6.65. The summed E-state index contributed by atoms with van der Waals surface area (Å²) < 4.78 is 46.6. The highest BCUT2D eigenvalue weighted by Crippen LogP contribution is 2.41. The van der Waals surface area contributed by atoms with Crippen molar-refractivity contribution in [3.05, 3.63) is 90.0 Å². The number of anilines is 1. The number of benzene rings is 3. The van der Waals surface area contributed by atoms with Gasteiger partial charge in [0.2, 0.25) is 10.0 Å². The molecule has 0 amide bonds. The molecule has 0 unspecified atom stereocenters. The van der Waals surface area contributed by atoms with Crippen molar-refractivity contribution in [2.45, 2.75) is 20.3 Å². The Morgan fingerprint density at radius 1 is 1.02 bits per heavy atom. The first-order chi connectivity index (χ1) is 20.0. The van der Waals surface area contributed by atoms with Crippen molar-refractivity contribution in [3.8, 4) is 34.0 Å². The summed E-state index contributed by atoms with van der Waals surface area (Å²) in [5.74, 6) is -0.0334. The van der Waals surface area contributed by atoms with Gasteiger partial charge in [-0.05, 0) is 37.3 Å². The summed E-state index contributed by atoms with van der Waals surface area (Å²) in [5.41, 5.74) is 5.60. The molecular weight excluding hydrogens is 555 g/mol. The third-order valence-corrected chi connectivity index (χ3v) is 8.52. The highest BCUT2D eigenvalue weighted by Gasteiger charge is 2.26. The SMILES string of the molecule is CCC(=O)c1c(-c2ccc(C)cc2)oc2cc(N(C)S(C)(=O)=O)c(-c3cncc(-c4cc5cc(F)ccc5[nH]4)n3)cc12. The lowest BCUT2D eigenvalue weighted by atomic mass is 9.98. The second-order valence-electron chi connectivity index (χ2n) is 10.2. The van der Waals surface area contributed by atoms with Crippen LogP contribution in [0.3, 0.4) is 0 Å². The topological polar surface area (TPSA) is 109 Å². The molecule has 0 saturated carbocycles. The van der Waals surface area contributed by atoms with Crippen LogP contribution in [0.4, 0.5) is 10.1 Å². The zero-order chi connectivity index (χ0) is 29.8. The van der Waals surface area contributed by atoms with Gasteiger partial charge < -0.3 is 9.40 Å². The van der Waals surface area contributed by atoms with Crippen molar-refractivity contribution in [3.63, 3.8) is 0 Å². The molecule has 212 valence electrons. The first-order valence-electron chi connectivity index (χ1n) is 13.3. The number of furan rings is 1. The first kappa shape index (κ1) is 27.3. The molecular formula is C32H27FN4O4S. The highest BCUT2D eigenvalue weighted by molar-refractivity contribution is 7.92. The summed E-state index contributed by atoms with van der Waals surface area (Å²) in [4.78, 5) is 25.7. The van der Waals surface area contributed by atoms with Crippen LogP contribution in [0, 0.1) is 12.7 Å². The maximum absolute atomic E-state index is 13.8. The van der Waals surface area contributed by atoms with E-state index in [-0.39, 0.29) is 18.0 Å². The summed E-state index contributed by atoms with van der Waals surface area (Å²) in [6.07, 6.45) is 4.47. The van der Waals surface area contributed by atoms with Crippen molar-refractivity contribution in [1.29, 1.82) is 0 Å². The van der Waals surface area contributed by atoms with Gasteiger partial charge in [-0.2, -0.15) is 0 Å².